The quantitative estimate of drug-likeness (QED) is 0.679. The molecule has 0 unspecified atom stereocenters. The largest absolute Gasteiger partial charge is 0.492 e. The maximum atomic E-state index is 5.64. The molecule has 1 aromatic carbocycles. The van der Waals surface area contributed by atoms with Crippen molar-refractivity contribution in [2.24, 2.45) is 0 Å². The van der Waals surface area contributed by atoms with Gasteiger partial charge in [-0.15, -0.1) is 0 Å². The van der Waals surface area contributed by atoms with Gasteiger partial charge in [-0.05, 0) is 12.1 Å². The first-order valence-electron chi connectivity index (χ1n) is 6.80. The van der Waals surface area contributed by atoms with E-state index in [4.69, 9.17) is 4.74 Å². The number of imidazole rings is 1. The van der Waals surface area contributed by atoms with E-state index in [1.165, 1.54) is 0 Å². The van der Waals surface area contributed by atoms with Crippen molar-refractivity contribution in [2.75, 3.05) is 30.8 Å². The molecule has 0 amide bonds. The summed E-state index contributed by atoms with van der Waals surface area (Å²) in [6.45, 7) is 1.21. The van der Waals surface area contributed by atoms with Crippen molar-refractivity contribution < 1.29 is 4.74 Å². The number of anilines is 2. The summed E-state index contributed by atoms with van der Waals surface area (Å²) in [5, 5.41) is 6.29. The minimum Gasteiger partial charge on any atom is -0.492 e. The van der Waals surface area contributed by atoms with Crippen LogP contribution >= 0.6 is 0 Å². The van der Waals surface area contributed by atoms with Crippen LogP contribution in [-0.4, -0.2) is 34.6 Å². The Morgan fingerprint density at radius 3 is 2.90 bits per heavy atom. The molecule has 0 aliphatic rings. The summed E-state index contributed by atoms with van der Waals surface area (Å²) in [7, 11) is 1.84. The lowest BCUT2D eigenvalue weighted by molar-refractivity contribution is 0.333. The number of ether oxygens (including phenoxy) is 1. The van der Waals surface area contributed by atoms with Gasteiger partial charge in [-0.1, -0.05) is 18.2 Å². The number of hydrogen-bond acceptors (Lipinski definition) is 5. The molecule has 0 radical (unpaired) electrons. The molecule has 2 aromatic heterocycles. The summed E-state index contributed by atoms with van der Waals surface area (Å²) in [5.41, 5.74) is 0.800. The fraction of sp³-hybridized carbons (Fsp3) is 0.200. The van der Waals surface area contributed by atoms with Gasteiger partial charge in [0.15, 0.2) is 11.5 Å². The molecule has 0 fully saturated rings. The van der Waals surface area contributed by atoms with Gasteiger partial charge >= 0.3 is 0 Å². The Hall–Kier alpha value is -2.76. The summed E-state index contributed by atoms with van der Waals surface area (Å²) in [6, 6.07) is 9.75. The monoisotopic (exact) mass is 283 g/mol. The molecule has 21 heavy (non-hydrogen) atoms. The van der Waals surface area contributed by atoms with Gasteiger partial charge in [0.05, 0.1) is 12.7 Å². The summed E-state index contributed by atoms with van der Waals surface area (Å²) < 4.78 is 7.57. The summed E-state index contributed by atoms with van der Waals surface area (Å²) in [5.74, 6) is 2.39. The molecule has 0 bridgehead atoms. The summed E-state index contributed by atoms with van der Waals surface area (Å²) in [6.07, 6.45) is 5.54. The van der Waals surface area contributed by atoms with Crippen molar-refractivity contribution >= 4 is 17.3 Å². The molecule has 6 nitrogen and oxygen atoms in total. The molecule has 0 atom stereocenters. The molecule has 3 rings (SSSR count). The van der Waals surface area contributed by atoms with Crippen molar-refractivity contribution in [3.05, 3.63) is 48.9 Å². The zero-order valence-corrected chi connectivity index (χ0v) is 11.8. The number of fused-ring (bicyclic) bond motifs is 1. The molecule has 2 N–H and O–H groups in total. The average Bonchev–Trinajstić information content (AvgIpc) is 3.00. The Morgan fingerprint density at radius 2 is 2.10 bits per heavy atom. The standard InChI is InChI=1S/C15H17N5O/c1-16-13-11-20-9-7-18-15(20)14(19-13)17-8-10-21-12-5-3-2-4-6-12/h2-7,9,11,16H,8,10H2,1H3,(H,17,19). The Morgan fingerprint density at radius 1 is 1.24 bits per heavy atom. The van der Waals surface area contributed by atoms with Crippen LogP contribution in [0.5, 0.6) is 5.75 Å². The molecule has 2 heterocycles. The number of benzene rings is 1. The molecule has 3 aromatic rings. The first-order chi connectivity index (χ1) is 10.4. The number of hydrogen-bond donors (Lipinski definition) is 2. The van der Waals surface area contributed by atoms with Crippen LogP contribution in [0.1, 0.15) is 0 Å². The normalized spacial score (nSPS) is 10.5. The van der Waals surface area contributed by atoms with E-state index < -0.39 is 0 Å². The van der Waals surface area contributed by atoms with Crippen molar-refractivity contribution in [2.45, 2.75) is 0 Å². The van der Waals surface area contributed by atoms with Gasteiger partial charge < -0.3 is 19.8 Å². The van der Waals surface area contributed by atoms with Crippen molar-refractivity contribution in [1.29, 1.82) is 0 Å². The smallest absolute Gasteiger partial charge is 0.180 e. The average molecular weight is 283 g/mol. The van der Waals surface area contributed by atoms with E-state index in [1.807, 2.05) is 54.2 Å². The highest BCUT2D eigenvalue weighted by molar-refractivity contribution is 5.65. The van der Waals surface area contributed by atoms with Crippen molar-refractivity contribution in [3.63, 3.8) is 0 Å². The van der Waals surface area contributed by atoms with Crippen LogP contribution in [0.4, 0.5) is 11.6 Å². The highest BCUT2D eigenvalue weighted by Crippen LogP contribution is 2.15. The van der Waals surface area contributed by atoms with Crippen LogP contribution in [0.3, 0.4) is 0 Å². The van der Waals surface area contributed by atoms with Crippen molar-refractivity contribution in [1.82, 2.24) is 14.4 Å². The van der Waals surface area contributed by atoms with E-state index in [0.29, 0.717) is 13.2 Å². The first kappa shape index (κ1) is 13.2. The van der Waals surface area contributed by atoms with Gasteiger partial charge in [0, 0.05) is 19.4 Å². The maximum absolute atomic E-state index is 5.64. The second-order valence-corrected chi connectivity index (χ2v) is 4.47. The second-order valence-electron chi connectivity index (χ2n) is 4.47. The van der Waals surface area contributed by atoms with Gasteiger partial charge in [0.1, 0.15) is 18.2 Å². The first-order valence-corrected chi connectivity index (χ1v) is 6.80. The van der Waals surface area contributed by atoms with Crippen LogP contribution in [0, 0.1) is 0 Å². The van der Waals surface area contributed by atoms with Gasteiger partial charge in [-0.25, -0.2) is 9.97 Å². The van der Waals surface area contributed by atoms with Crippen LogP contribution in [0.15, 0.2) is 48.9 Å². The van der Waals surface area contributed by atoms with E-state index in [9.17, 15) is 0 Å². The Bertz CT molecular complexity index is 710. The third-order valence-electron chi connectivity index (χ3n) is 3.04. The molecule has 0 aliphatic heterocycles. The SMILES string of the molecule is CNc1cn2ccnc2c(NCCOc2ccccc2)n1. The second kappa shape index (κ2) is 6.13. The topological polar surface area (TPSA) is 63.5 Å². The lowest BCUT2D eigenvalue weighted by atomic mass is 10.3. The Balaban J connectivity index is 1.63. The lowest BCUT2D eigenvalue weighted by Crippen LogP contribution is -2.13. The zero-order valence-electron chi connectivity index (χ0n) is 11.8. The fourth-order valence-corrected chi connectivity index (χ4v) is 2.03. The van der Waals surface area contributed by atoms with E-state index >= 15 is 0 Å². The third-order valence-corrected chi connectivity index (χ3v) is 3.04. The highest BCUT2D eigenvalue weighted by atomic mass is 16.5. The number of nitrogens with one attached hydrogen (secondary N) is 2. The molecule has 0 spiro atoms. The molecular weight excluding hydrogens is 266 g/mol. The van der Waals surface area contributed by atoms with E-state index in [2.05, 4.69) is 20.6 Å². The van der Waals surface area contributed by atoms with Crippen LogP contribution in [0.25, 0.3) is 5.65 Å². The number of rotatable bonds is 6. The van der Waals surface area contributed by atoms with E-state index in [1.54, 1.807) is 6.20 Å². The molecule has 0 saturated carbocycles. The minimum absolute atomic E-state index is 0.558. The van der Waals surface area contributed by atoms with Crippen LogP contribution in [0.2, 0.25) is 0 Å². The van der Waals surface area contributed by atoms with E-state index in [-0.39, 0.29) is 0 Å². The van der Waals surface area contributed by atoms with Gasteiger partial charge in [-0.2, -0.15) is 0 Å². The minimum atomic E-state index is 0.558. The van der Waals surface area contributed by atoms with Crippen LogP contribution < -0.4 is 15.4 Å². The summed E-state index contributed by atoms with van der Waals surface area (Å²) >= 11 is 0. The summed E-state index contributed by atoms with van der Waals surface area (Å²) in [4.78, 5) is 8.78. The molecule has 108 valence electrons. The third kappa shape index (κ3) is 3.05. The van der Waals surface area contributed by atoms with Crippen LogP contribution in [-0.2, 0) is 0 Å². The predicted molar refractivity (Wildman–Crippen MR) is 83.0 cm³/mol. The van der Waals surface area contributed by atoms with Crippen molar-refractivity contribution in [3.8, 4) is 5.75 Å². The van der Waals surface area contributed by atoms with Gasteiger partial charge in [0.2, 0.25) is 0 Å². The fourth-order valence-electron chi connectivity index (χ4n) is 2.03. The number of nitrogens with zero attached hydrogens (tertiary/aromatic N) is 3. The highest BCUT2D eigenvalue weighted by Gasteiger charge is 2.06. The molecule has 0 saturated heterocycles. The van der Waals surface area contributed by atoms with Gasteiger partial charge in [0.25, 0.3) is 0 Å². The Kier molecular flexibility index (Phi) is 3.86. The zero-order chi connectivity index (χ0) is 14.5. The molecule has 0 aliphatic carbocycles. The van der Waals surface area contributed by atoms with Gasteiger partial charge in [-0.3, -0.25) is 0 Å². The lowest BCUT2D eigenvalue weighted by Gasteiger charge is -2.10. The Labute approximate surface area is 122 Å². The van der Waals surface area contributed by atoms with E-state index in [0.717, 1.165) is 23.0 Å². The molecular formula is C15H17N5O. The maximum Gasteiger partial charge on any atom is 0.180 e. The number of para-hydroxylation sites is 1. The number of aromatic nitrogens is 3. The predicted octanol–water partition coefficient (Wildman–Crippen LogP) is 2.26. The molecule has 6 heteroatoms.